The number of H-pyrrole nitrogens is 1. The number of nitrogens with zero attached hydrogens (tertiary/aromatic N) is 2. The predicted molar refractivity (Wildman–Crippen MR) is 123 cm³/mol. The Bertz CT molecular complexity index is 955. The molecule has 30 heavy (non-hydrogen) atoms. The first-order valence-electron chi connectivity index (χ1n) is 11.7. The maximum absolute atomic E-state index is 12.8. The fourth-order valence-electron chi connectivity index (χ4n) is 5.81. The molecule has 1 aliphatic heterocycles. The van der Waals surface area contributed by atoms with Crippen LogP contribution in [0.4, 0.5) is 4.79 Å². The van der Waals surface area contributed by atoms with Crippen LogP contribution in [-0.2, 0) is 6.42 Å². The van der Waals surface area contributed by atoms with E-state index in [9.17, 15) is 4.79 Å². The molecule has 0 radical (unpaired) electrons. The average molecular weight is 407 g/mol. The van der Waals surface area contributed by atoms with Gasteiger partial charge in [-0.1, -0.05) is 18.7 Å². The lowest BCUT2D eigenvalue weighted by Crippen LogP contribution is -2.58. The van der Waals surface area contributed by atoms with Gasteiger partial charge in [-0.15, -0.1) is 0 Å². The molecular formula is C25H34N4O. The number of hydrogen-bond donors (Lipinski definition) is 2. The minimum atomic E-state index is 0.0834. The highest BCUT2D eigenvalue weighted by molar-refractivity contribution is 5.91. The number of carbonyl (C=O) groups is 1. The summed E-state index contributed by atoms with van der Waals surface area (Å²) in [6.45, 7) is 11.8. The summed E-state index contributed by atoms with van der Waals surface area (Å²) in [6, 6.07) is 7.47. The van der Waals surface area contributed by atoms with Crippen LogP contribution >= 0.6 is 0 Å². The van der Waals surface area contributed by atoms with Gasteiger partial charge in [-0.05, 0) is 68.7 Å². The summed E-state index contributed by atoms with van der Waals surface area (Å²) < 4.78 is 0. The molecule has 1 saturated heterocycles. The van der Waals surface area contributed by atoms with Crippen LogP contribution in [0.2, 0.25) is 0 Å². The van der Waals surface area contributed by atoms with Crippen molar-refractivity contribution in [3.05, 3.63) is 41.6 Å². The minimum Gasteiger partial charge on any atom is -0.355 e. The van der Waals surface area contributed by atoms with E-state index in [4.69, 9.17) is 0 Å². The van der Waals surface area contributed by atoms with Crippen LogP contribution in [0, 0.1) is 5.92 Å². The van der Waals surface area contributed by atoms with Gasteiger partial charge in [0.15, 0.2) is 0 Å². The summed E-state index contributed by atoms with van der Waals surface area (Å²) in [6.07, 6.45) is 6.78. The summed E-state index contributed by atoms with van der Waals surface area (Å²) in [5, 5.41) is 4.77. The summed E-state index contributed by atoms with van der Waals surface area (Å²) in [4.78, 5) is 21.0. The molecule has 0 bridgehead atoms. The molecule has 2 heterocycles. The number of aromatic amines is 1. The molecule has 1 aromatic heterocycles. The van der Waals surface area contributed by atoms with Gasteiger partial charge in [0, 0.05) is 60.8 Å². The maximum atomic E-state index is 12.8. The van der Waals surface area contributed by atoms with Gasteiger partial charge < -0.3 is 15.2 Å². The summed E-state index contributed by atoms with van der Waals surface area (Å²) in [5.41, 5.74) is 5.28. The molecule has 0 spiro atoms. The monoisotopic (exact) mass is 406 g/mol. The molecule has 3 atom stereocenters. The van der Waals surface area contributed by atoms with Crippen LogP contribution in [0.25, 0.3) is 17.0 Å². The first-order chi connectivity index (χ1) is 14.6. The molecule has 2 amide bonds. The van der Waals surface area contributed by atoms with Gasteiger partial charge in [-0.3, -0.25) is 4.90 Å². The normalized spacial score (nSPS) is 25.7. The Balaban J connectivity index is 1.48. The first kappa shape index (κ1) is 19.7. The zero-order valence-electron chi connectivity index (χ0n) is 18.3. The molecular weight excluding hydrogens is 372 g/mol. The van der Waals surface area contributed by atoms with Gasteiger partial charge >= 0.3 is 6.03 Å². The molecule has 3 aliphatic rings. The third kappa shape index (κ3) is 3.33. The fourth-order valence-corrected chi connectivity index (χ4v) is 5.81. The van der Waals surface area contributed by atoms with E-state index in [1.807, 2.05) is 24.8 Å². The lowest BCUT2D eigenvalue weighted by molar-refractivity contribution is 0.0933. The highest BCUT2D eigenvalue weighted by Gasteiger charge is 2.43. The molecule has 5 rings (SSSR count). The lowest BCUT2D eigenvalue weighted by Gasteiger charge is -2.47. The van der Waals surface area contributed by atoms with Gasteiger partial charge in [-0.25, -0.2) is 4.79 Å². The van der Waals surface area contributed by atoms with Gasteiger partial charge in [0.1, 0.15) is 0 Å². The molecule has 1 saturated carbocycles. The van der Waals surface area contributed by atoms with Crippen molar-refractivity contribution in [2.75, 3.05) is 26.2 Å². The Morgan fingerprint density at radius 1 is 1.33 bits per heavy atom. The minimum absolute atomic E-state index is 0.0834. The molecule has 1 aromatic carbocycles. The number of amides is 2. The van der Waals surface area contributed by atoms with Crippen molar-refractivity contribution in [3.8, 4) is 0 Å². The number of likely N-dealkylation sites (tertiary alicyclic amines) is 1. The van der Waals surface area contributed by atoms with Gasteiger partial charge in [0.25, 0.3) is 0 Å². The zero-order valence-corrected chi connectivity index (χ0v) is 18.3. The van der Waals surface area contributed by atoms with E-state index < -0.39 is 0 Å². The van der Waals surface area contributed by atoms with E-state index in [2.05, 4.69) is 40.0 Å². The SMILES string of the molecule is C=Cc1[nH]c2cccc3c2c1C[C@@H]1[C@@H]3C[C@H](NC(=O)N(CC)CC)CN1CC1CC1. The smallest absolute Gasteiger partial charge is 0.317 e. The molecule has 160 valence electrons. The Kier molecular flexibility index (Phi) is 5.10. The summed E-state index contributed by atoms with van der Waals surface area (Å²) in [5.74, 6) is 1.30. The molecule has 2 aromatic rings. The molecule has 2 fully saturated rings. The van der Waals surface area contributed by atoms with Gasteiger partial charge in [0.05, 0.1) is 0 Å². The van der Waals surface area contributed by atoms with Crippen molar-refractivity contribution in [3.63, 3.8) is 0 Å². The Morgan fingerprint density at radius 2 is 2.13 bits per heavy atom. The Labute approximate surface area is 179 Å². The van der Waals surface area contributed by atoms with Crippen molar-refractivity contribution in [2.24, 2.45) is 5.92 Å². The third-order valence-electron chi connectivity index (χ3n) is 7.50. The second-order valence-corrected chi connectivity index (χ2v) is 9.32. The number of carbonyl (C=O) groups excluding carboxylic acids is 1. The quantitative estimate of drug-likeness (QED) is 0.749. The topological polar surface area (TPSA) is 51.4 Å². The van der Waals surface area contributed by atoms with Crippen molar-refractivity contribution < 1.29 is 4.79 Å². The number of aromatic nitrogens is 1. The van der Waals surface area contributed by atoms with E-state index in [-0.39, 0.29) is 12.1 Å². The van der Waals surface area contributed by atoms with E-state index in [0.717, 1.165) is 44.9 Å². The van der Waals surface area contributed by atoms with Crippen LogP contribution in [0.3, 0.4) is 0 Å². The second kappa shape index (κ2) is 7.77. The summed E-state index contributed by atoms with van der Waals surface area (Å²) >= 11 is 0. The molecule has 5 nitrogen and oxygen atoms in total. The predicted octanol–water partition coefficient (Wildman–Crippen LogP) is 4.35. The molecule has 2 N–H and O–H groups in total. The highest BCUT2D eigenvalue weighted by atomic mass is 16.2. The largest absolute Gasteiger partial charge is 0.355 e. The average Bonchev–Trinajstić information content (AvgIpc) is 3.49. The second-order valence-electron chi connectivity index (χ2n) is 9.32. The number of piperidine rings is 1. The standard InChI is InChI=1S/C25H34N4O/c1-4-21-20-13-23-19(18-8-7-9-22(27-21)24(18)20)12-17(15-29(23)14-16-10-11-16)26-25(30)28(5-2)6-3/h4,7-9,16-17,19,23,27H,1,5-6,10-15H2,2-3H3,(H,26,30)/t17-,19+,23+/m0/s1. The number of benzene rings is 1. The van der Waals surface area contributed by atoms with Crippen LogP contribution < -0.4 is 5.32 Å². The highest BCUT2D eigenvalue weighted by Crippen LogP contribution is 2.45. The zero-order chi connectivity index (χ0) is 20.8. The summed E-state index contributed by atoms with van der Waals surface area (Å²) in [7, 11) is 0. The first-order valence-corrected chi connectivity index (χ1v) is 11.7. The van der Waals surface area contributed by atoms with Crippen LogP contribution in [0.1, 0.15) is 55.8 Å². The number of hydrogen-bond acceptors (Lipinski definition) is 2. The van der Waals surface area contributed by atoms with Gasteiger partial charge in [-0.2, -0.15) is 0 Å². The van der Waals surface area contributed by atoms with Crippen molar-refractivity contribution in [2.45, 2.75) is 57.5 Å². The van der Waals surface area contributed by atoms with Crippen LogP contribution in [-0.4, -0.2) is 59.1 Å². The Morgan fingerprint density at radius 3 is 2.83 bits per heavy atom. The maximum Gasteiger partial charge on any atom is 0.317 e. The van der Waals surface area contributed by atoms with Crippen LogP contribution in [0.15, 0.2) is 24.8 Å². The number of nitrogens with one attached hydrogen (secondary N) is 2. The molecule has 5 heteroatoms. The third-order valence-corrected chi connectivity index (χ3v) is 7.50. The van der Waals surface area contributed by atoms with E-state index in [0.29, 0.717) is 12.0 Å². The van der Waals surface area contributed by atoms with Crippen molar-refractivity contribution in [1.29, 1.82) is 0 Å². The number of rotatable bonds is 6. The number of fused-ring (bicyclic) bond motifs is 2. The van der Waals surface area contributed by atoms with E-state index in [1.165, 1.54) is 40.6 Å². The lowest BCUT2D eigenvalue weighted by atomic mass is 9.73. The number of urea groups is 1. The molecule has 2 aliphatic carbocycles. The van der Waals surface area contributed by atoms with Crippen LogP contribution in [0.5, 0.6) is 0 Å². The molecule has 0 unspecified atom stereocenters. The van der Waals surface area contributed by atoms with E-state index >= 15 is 0 Å². The fraction of sp³-hybridized carbons (Fsp3) is 0.560. The Hall–Kier alpha value is -2.27. The van der Waals surface area contributed by atoms with E-state index in [1.54, 1.807) is 0 Å². The van der Waals surface area contributed by atoms with Crippen molar-refractivity contribution >= 4 is 23.0 Å². The van der Waals surface area contributed by atoms with Gasteiger partial charge in [0.2, 0.25) is 0 Å². The van der Waals surface area contributed by atoms with Crippen molar-refractivity contribution in [1.82, 2.24) is 20.1 Å².